The Hall–Kier alpha value is -0.300. The minimum absolute atomic E-state index is 0.870. The molecule has 1 aliphatic heterocycles. The molecule has 3 fully saturated rings. The highest BCUT2D eigenvalue weighted by atomic mass is 15.1. The van der Waals surface area contributed by atoms with E-state index in [9.17, 15) is 0 Å². The largest absolute Gasteiger partial charge is 0.310 e. The number of rotatable bonds is 5. The smallest absolute Gasteiger partial charge is 0.0142 e. The van der Waals surface area contributed by atoms with Crippen LogP contribution in [-0.2, 0) is 0 Å². The molecule has 2 saturated carbocycles. The van der Waals surface area contributed by atoms with E-state index in [1.54, 1.807) is 0 Å². The van der Waals surface area contributed by atoms with Gasteiger partial charge in [-0.1, -0.05) is 26.0 Å². The third-order valence-corrected chi connectivity index (χ3v) is 6.76. The van der Waals surface area contributed by atoms with Gasteiger partial charge in [-0.15, -0.1) is 0 Å². The molecule has 7 atom stereocenters. The van der Waals surface area contributed by atoms with E-state index in [1.807, 2.05) is 0 Å². The summed E-state index contributed by atoms with van der Waals surface area (Å²) in [4.78, 5) is 0. The fourth-order valence-corrected chi connectivity index (χ4v) is 5.20. The topological polar surface area (TPSA) is 12.0 Å². The van der Waals surface area contributed by atoms with E-state index in [2.05, 4.69) is 31.3 Å². The van der Waals surface area contributed by atoms with Gasteiger partial charge in [0.25, 0.3) is 0 Å². The van der Waals surface area contributed by atoms with E-state index in [0.29, 0.717) is 0 Å². The second-order valence-electron chi connectivity index (χ2n) is 8.31. The average molecular weight is 273 g/mol. The number of hydrogen-bond donors (Lipinski definition) is 1. The van der Waals surface area contributed by atoms with Gasteiger partial charge in [0.1, 0.15) is 0 Å². The first-order valence-electron chi connectivity index (χ1n) is 9.16. The summed E-state index contributed by atoms with van der Waals surface area (Å²) < 4.78 is 0. The van der Waals surface area contributed by atoms with Crippen molar-refractivity contribution in [2.45, 2.75) is 70.9 Å². The second-order valence-corrected chi connectivity index (χ2v) is 8.31. The zero-order valence-electron chi connectivity index (χ0n) is 13.2. The zero-order chi connectivity index (χ0) is 13.7. The lowest BCUT2D eigenvalue weighted by atomic mass is 9.77. The van der Waals surface area contributed by atoms with Crippen molar-refractivity contribution >= 4 is 0 Å². The van der Waals surface area contributed by atoms with Crippen molar-refractivity contribution in [3.8, 4) is 0 Å². The summed E-state index contributed by atoms with van der Waals surface area (Å²) in [6.07, 6.45) is 15.1. The predicted molar refractivity (Wildman–Crippen MR) is 84.5 cm³/mol. The Kier molecular flexibility index (Phi) is 3.45. The Labute approximate surface area is 124 Å². The lowest BCUT2D eigenvalue weighted by Gasteiger charge is -2.46. The SMILES string of the molecule is CC(CC1C=CCCC1)C1CC1C1NC(C2CC2)C1C. The summed E-state index contributed by atoms with van der Waals surface area (Å²) in [5.41, 5.74) is 0. The van der Waals surface area contributed by atoms with Gasteiger partial charge in [0.15, 0.2) is 0 Å². The van der Waals surface area contributed by atoms with Gasteiger partial charge in [0.2, 0.25) is 0 Å². The summed E-state index contributed by atoms with van der Waals surface area (Å²) >= 11 is 0. The zero-order valence-corrected chi connectivity index (χ0v) is 13.2. The van der Waals surface area contributed by atoms with Crippen LogP contribution in [0.1, 0.15) is 58.8 Å². The molecule has 0 aromatic heterocycles. The Morgan fingerprint density at radius 3 is 2.70 bits per heavy atom. The van der Waals surface area contributed by atoms with E-state index >= 15 is 0 Å². The monoisotopic (exact) mass is 273 g/mol. The molecule has 0 aromatic carbocycles. The molecule has 1 N–H and O–H groups in total. The molecule has 0 amide bonds. The van der Waals surface area contributed by atoms with Crippen molar-refractivity contribution in [1.29, 1.82) is 0 Å². The highest BCUT2D eigenvalue weighted by Crippen LogP contribution is 2.54. The molecular formula is C19H31N. The first kappa shape index (κ1) is 13.4. The van der Waals surface area contributed by atoms with Gasteiger partial charge in [0.05, 0.1) is 0 Å². The van der Waals surface area contributed by atoms with Crippen LogP contribution >= 0.6 is 0 Å². The molecule has 112 valence electrons. The predicted octanol–water partition coefficient (Wildman–Crippen LogP) is 4.39. The van der Waals surface area contributed by atoms with Crippen molar-refractivity contribution in [2.75, 3.05) is 0 Å². The van der Waals surface area contributed by atoms with Crippen LogP contribution in [0.5, 0.6) is 0 Å². The van der Waals surface area contributed by atoms with Crippen LogP contribution < -0.4 is 5.32 Å². The second kappa shape index (κ2) is 5.16. The van der Waals surface area contributed by atoms with Gasteiger partial charge < -0.3 is 5.32 Å². The summed E-state index contributed by atoms with van der Waals surface area (Å²) in [5.74, 6) is 5.89. The van der Waals surface area contributed by atoms with E-state index in [-0.39, 0.29) is 0 Å². The summed E-state index contributed by atoms with van der Waals surface area (Å²) in [5, 5.41) is 3.93. The highest BCUT2D eigenvalue weighted by molar-refractivity contribution is 5.10. The quantitative estimate of drug-likeness (QED) is 0.732. The van der Waals surface area contributed by atoms with Crippen molar-refractivity contribution in [3.63, 3.8) is 0 Å². The first-order chi connectivity index (χ1) is 9.74. The molecule has 7 unspecified atom stereocenters. The lowest BCUT2D eigenvalue weighted by Crippen LogP contribution is -2.62. The number of nitrogens with one attached hydrogen (secondary N) is 1. The van der Waals surface area contributed by atoms with Crippen LogP contribution in [0.2, 0.25) is 0 Å². The Bertz CT molecular complexity index is 383. The fraction of sp³-hybridized carbons (Fsp3) is 0.895. The molecule has 20 heavy (non-hydrogen) atoms. The Morgan fingerprint density at radius 1 is 1.20 bits per heavy atom. The molecule has 0 bridgehead atoms. The molecule has 0 spiro atoms. The van der Waals surface area contributed by atoms with Crippen LogP contribution in [0.25, 0.3) is 0 Å². The highest BCUT2D eigenvalue weighted by Gasteiger charge is 2.55. The fourth-order valence-electron chi connectivity index (χ4n) is 5.20. The van der Waals surface area contributed by atoms with Crippen LogP contribution in [0, 0.1) is 35.5 Å². The standard InChI is InChI=1S/C19H31N/c1-12(10-14-6-4-3-5-7-14)16-11-17(16)19-13(2)18(20-19)15-8-9-15/h4,6,12-20H,3,5,7-11H2,1-2H3. The lowest BCUT2D eigenvalue weighted by molar-refractivity contribution is 0.112. The number of hydrogen-bond acceptors (Lipinski definition) is 1. The maximum Gasteiger partial charge on any atom is 0.0142 e. The van der Waals surface area contributed by atoms with Gasteiger partial charge >= 0.3 is 0 Å². The van der Waals surface area contributed by atoms with Crippen LogP contribution in [0.15, 0.2) is 12.2 Å². The van der Waals surface area contributed by atoms with Crippen LogP contribution in [0.3, 0.4) is 0 Å². The van der Waals surface area contributed by atoms with Gasteiger partial charge in [0, 0.05) is 12.1 Å². The molecular weight excluding hydrogens is 242 g/mol. The Morgan fingerprint density at radius 2 is 2.05 bits per heavy atom. The molecule has 1 heterocycles. The normalized spacial score (nSPS) is 48.7. The molecule has 0 radical (unpaired) electrons. The summed E-state index contributed by atoms with van der Waals surface area (Å²) in [6, 6.07) is 1.76. The average Bonchev–Trinajstić information content (AvgIpc) is 3.33. The van der Waals surface area contributed by atoms with E-state index < -0.39 is 0 Å². The minimum Gasteiger partial charge on any atom is -0.310 e. The molecule has 1 heteroatoms. The molecule has 3 aliphatic carbocycles. The van der Waals surface area contributed by atoms with Gasteiger partial charge in [-0.05, 0) is 80.5 Å². The maximum atomic E-state index is 3.93. The molecule has 4 aliphatic rings. The van der Waals surface area contributed by atoms with Crippen LogP contribution in [-0.4, -0.2) is 12.1 Å². The summed E-state index contributed by atoms with van der Waals surface area (Å²) in [6.45, 7) is 5.03. The van der Waals surface area contributed by atoms with Gasteiger partial charge in [-0.3, -0.25) is 0 Å². The van der Waals surface area contributed by atoms with E-state index in [0.717, 1.165) is 47.6 Å². The van der Waals surface area contributed by atoms with Gasteiger partial charge in [-0.25, -0.2) is 0 Å². The third-order valence-electron chi connectivity index (χ3n) is 6.76. The molecule has 4 rings (SSSR count). The third kappa shape index (κ3) is 2.47. The van der Waals surface area contributed by atoms with Crippen molar-refractivity contribution < 1.29 is 0 Å². The number of allylic oxidation sites excluding steroid dienone is 2. The van der Waals surface area contributed by atoms with Crippen molar-refractivity contribution in [1.82, 2.24) is 5.32 Å². The van der Waals surface area contributed by atoms with E-state index in [1.165, 1.54) is 44.9 Å². The Balaban J connectivity index is 1.25. The molecule has 1 saturated heterocycles. The summed E-state index contributed by atoms with van der Waals surface area (Å²) in [7, 11) is 0. The molecule has 0 aromatic rings. The molecule has 1 nitrogen and oxygen atoms in total. The van der Waals surface area contributed by atoms with E-state index in [4.69, 9.17) is 0 Å². The maximum absolute atomic E-state index is 3.93. The first-order valence-corrected chi connectivity index (χ1v) is 9.16. The van der Waals surface area contributed by atoms with Gasteiger partial charge in [-0.2, -0.15) is 0 Å². The van der Waals surface area contributed by atoms with Crippen molar-refractivity contribution in [2.24, 2.45) is 35.5 Å². The van der Waals surface area contributed by atoms with Crippen LogP contribution in [0.4, 0.5) is 0 Å². The minimum atomic E-state index is 0.870. The van der Waals surface area contributed by atoms with Crippen molar-refractivity contribution in [3.05, 3.63) is 12.2 Å².